The highest BCUT2D eigenvalue weighted by molar-refractivity contribution is 5.18. The third-order valence-corrected chi connectivity index (χ3v) is 6.19. The molecule has 0 radical (unpaired) electrons. The highest BCUT2D eigenvalue weighted by Crippen LogP contribution is 2.14. The van der Waals surface area contributed by atoms with E-state index in [9.17, 15) is 0 Å². The molecule has 0 saturated carbocycles. The van der Waals surface area contributed by atoms with Crippen molar-refractivity contribution in [3.05, 3.63) is 144 Å². The monoisotopic (exact) mass is 448 g/mol. The van der Waals surface area contributed by atoms with Crippen LogP contribution in [0.15, 0.2) is 121 Å². The van der Waals surface area contributed by atoms with Crippen molar-refractivity contribution >= 4 is 0 Å². The fourth-order valence-corrected chi connectivity index (χ4v) is 4.47. The van der Waals surface area contributed by atoms with Gasteiger partial charge in [0.2, 0.25) is 0 Å². The molecule has 0 fully saturated rings. The molecule has 4 rings (SSSR count). The van der Waals surface area contributed by atoms with Crippen LogP contribution in [-0.2, 0) is 26.2 Å². The summed E-state index contributed by atoms with van der Waals surface area (Å²) in [5, 5.41) is 0. The Morgan fingerprint density at radius 3 is 0.794 bits per heavy atom. The molecule has 0 atom stereocenters. The first-order chi connectivity index (χ1) is 16.8. The van der Waals surface area contributed by atoms with Crippen molar-refractivity contribution in [3.63, 3.8) is 0 Å². The van der Waals surface area contributed by atoms with Gasteiger partial charge in [-0.15, -0.1) is 0 Å². The molecule has 34 heavy (non-hydrogen) atoms. The van der Waals surface area contributed by atoms with Crippen molar-refractivity contribution in [2.24, 2.45) is 0 Å². The van der Waals surface area contributed by atoms with Gasteiger partial charge < -0.3 is 0 Å². The Morgan fingerprint density at radius 1 is 0.324 bits per heavy atom. The molecule has 0 heterocycles. The van der Waals surface area contributed by atoms with E-state index >= 15 is 0 Å². The SMILES string of the molecule is c1ccc(CN(CCCCN(Cc2ccccc2)Cc2ccccc2)Cc2ccccc2)cc1. The zero-order valence-electron chi connectivity index (χ0n) is 20.1. The summed E-state index contributed by atoms with van der Waals surface area (Å²) in [5.74, 6) is 0. The van der Waals surface area contributed by atoms with Gasteiger partial charge in [-0.1, -0.05) is 121 Å². The number of hydrogen-bond donors (Lipinski definition) is 0. The van der Waals surface area contributed by atoms with Crippen LogP contribution in [-0.4, -0.2) is 22.9 Å². The summed E-state index contributed by atoms with van der Waals surface area (Å²) in [6.45, 7) is 6.19. The van der Waals surface area contributed by atoms with Crippen LogP contribution in [0.5, 0.6) is 0 Å². The summed E-state index contributed by atoms with van der Waals surface area (Å²) < 4.78 is 0. The lowest BCUT2D eigenvalue weighted by Gasteiger charge is -2.25. The number of rotatable bonds is 13. The molecule has 0 N–H and O–H groups in total. The molecule has 0 bridgehead atoms. The Morgan fingerprint density at radius 2 is 0.559 bits per heavy atom. The van der Waals surface area contributed by atoms with Crippen LogP contribution in [0, 0.1) is 0 Å². The summed E-state index contributed by atoms with van der Waals surface area (Å²) in [6.07, 6.45) is 2.39. The number of benzene rings is 4. The topological polar surface area (TPSA) is 6.48 Å². The van der Waals surface area contributed by atoms with Crippen LogP contribution in [0.4, 0.5) is 0 Å². The third-order valence-electron chi connectivity index (χ3n) is 6.19. The van der Waals surface area contributed by atoms with E-state index in [1.54, 1.807) is 0 Å². The molecule has 0 amide bonds. The molecule has 0 aliphatic carbocycles. The predicted molar refractivity (Wildman–Crippen MR) is 143 cm³/mol. The molecule has 0 aliphatic heterocycles. The highest BCUT2D eigenvalue weighted by atomic mass is 15.1. The average molecular weight is 449 g/mol. The quantitative estimate of drug-likeness (QED) is 0.200. The van der Waals surface area contributed by atoms with Gasteiger partial charge in [0.05, 0.1) is 0 Å². The molecule has 174 valence electrons. The van der Waals surface area contributed by atoms with Gasteiger partial charge in [-0.3, -0.25) is 9.80 Å². The zero-order chi connectivity index (χ0) is 23.3. The highest BCUT2D eigenvalue weighted by Gasteiger charge is 2.10. The molecule has 2 heteroatoms. The van der Waals surface area contributed by atoms with Crippen molar-refractivity contribution in [2.75, 3.05) is 13.1 Å². The van der Waals surface area contributed by atoms with Crippen molar-refractivity contribution in [1.29, 1.82) is 0 Å². The van der Waals surface area contributed by atoms with Gasteiger partial charge in [0.1, 0.15) is 0 Å². The largest absolute Gasteiger partial charge is 0.295 e. The van der Waals surface area contributed by atoms with Gasteiger partial charge in [0.25, 0.3) is 0 Å². The fraction of sp³-hybridized carbons (Fsp3) is 0.250. The van der Waals surface area contributed by atoms with Gasteiger partial charge in [-0.05, 0) is 48.2 Å². The van der Waals surface area contributed by atoms with Gasteiger partial charge in [-0.2, -0.15) is 0 Å². The maximum absolute atomic E-state index is 2.59. The summed E-state index contributed by atoms with van der Waals surface area (Å²) in [7, 11) is 0. The Bertz CT molecular complexity index is 877. The molecular weight excluding hydrogens is 412 g/mol. The smallest absolute Gasteiger partial charge is 0.0237 e. The second kappa shape index (κ2) is 13.5. The summed E-state index contributed by atoms with van der Waals surface area (Å²) in [5.41, 5.74) is 5.53. The second-order valence-corrected chi connectivity index (χ2v) is 9.07. The average Bonchev–Trinajstić information content (AvgIpc) is 2.89. The Hall–Kier alpha value is -3.20. The summed E-state index contributed by atoms with van der Waals surface area (Å²) >= 11 is 0. The first-order valence-electron chi connectivity index (χ1n) is 12.5. The Balaban J connectivity index is 1.34. The van der Waals surface area contributed by atoms with Crippen LogP contribution in [0.3, 0.4) is 0 Å². The minimum Gasteiger partial charge on any atom is -0.295 e. The standard InChI is InChI=1S/C32H36N2/c1-5-15-29(16-6-1)25-33(26-30-17-7-2-8-18-30)23-13-14-24-34(27-31-19-9-3-10-20-31)28-32-21-11-4-12-22-32/h1-12,15-22H,13-14,23-28H2. The molecule has 4 aromatic carbocycles. The van der Waals surface area contributed by atoms with Gasteiger partial charge in [0, 0.05) is 26.2 Å². The molecule has 0 unspecified atom stereocenters. The lowest BCUT2D eigenvalue weighted by atomic mass is 10.1. The van der Waals surface area contributed by atoms with E-state index in [-0.39, 0.29) is 0 Å². The minimum atomic E-state index is 0.994. The van der Waals surface area contributed by atoms with Crippen LogP contribution >= 0.6 is 0 Å². The van der Waals surface area contributed by atoms with Gasteiger partial charge >= 0.3 is 0 Å². The van der Waals surface area contributed by atoms with Gasteiger partial charge in [0.15, 0.2) is 0 Å². The van der Waals surface area contributed by atoms with E-state index in [1.807, 2.05) is 0 Å². The van der Waals surface area contributed by atoms with E-state index in [1.165, 1.54) is 35.1 Å². The Labute approximate surface area is 205 Å². The lowest BCUT2D eigenvalue weighted by Crippen LogP contribution is -2.27. The number of unbranched alkanes of at least 4 members (excludes halogenated alkanes) is 1. The molecular formula is C32H36N2. The number of hydrogen-bond acceptors (Lipinski definition) is 2. The van der Waals surface area contributed by atoms with Crippen molar-refractivity contribution in [2.45, 2.75) is 39.0 Å². The predicted octanol–water partition coefficient (Wildman–Crippen LogP) is 7.17. The molecule has 0 aliphatic rings. The van der Waals surface area contributed by atoms with Crippen LogP contribution in [0.25, 0.3) is 0 Å². The van der Waals surface area contributed by atoms with E-state index in [0.717, 1.165) is 39.3 Å². The maximum Gasteiger partial charge on any atom is 0.0237 e. The molecule has 0 spiro atoms. The van der Waals surface area contributed by atoms with Gasteiger partial charge in [-0.25, -0.2) is 0 Å². The third kappa shape index (κ3) is 8.30. The van der Waals surface area contributed by atoms with E-state index in [4.69, 9.17) is 0 Å². The van der Waals surface area contributed by atoms with E-state index < -0.39 is 0 Å². The van der Waals surface area contributed by atoms with Crippen molar-refractivity contribution in [3.8, 4) is 0 Å². The first kappa shape index (κ1) is 23.9. The van der Waals surface area contributed by atoms with Crippen LogP contribution < -0.4 is 0 Å². The molecule has 4 aromatic rings. The van der Waals surface area contributed by atoms with Crippen LogP contribution in [0.2, 0.25) is 0 Å². The number of nitrogens with zero attached hydrogens (tertiary/aromatic N) is 2. The van der Waals surface area contributed by atoms with E-state index in [0.29, 0.717) is 0 Å². The molecule has 0 saturated heterocycles. The summed E-state index contributed by atoms with van der Waals surface area (Å²) in [6, 6.07) is 43.4. The van der Waals surface area contributed by atoms with Crippen LogP contribution in [0.1, 0.15) is 35.1 Å². The first-order valence-corrected chi connectivity index (χ1v) is 12.5. The molecule has 2 nitrogen and oxygen atoms in total. The summed E-state index contributed by atoms with van der Waals surface area (Å²) in [4.78, 5) is 5.17. The minimum absolute atomic E-state index is 0.994. The van der Waals surface area contributed by atoms with Crippen molar-refractivity contribution < 1.29 is 0 Å². The maximum atomic E-state index is 2.59. The normalized spacial score (nSPS) is 11.2. The van der Waals surface area contributed by atoms with Crippen molar-refractivity contribution in [1.82, 2.24) is 9.80 Å². The zero-order valence-corrected chi connectivity index (χ0v) is 20.1. The molecule has 0 aromatic heterocycles. The fourth-order valence-electron chi connectivity index (χ4n) is 4.47. The Kier molecular flexibility index (Phi) is 9.50. The lowest BCUT2D eigenvalue weighted by molar-refractivity contribution is 0.223. The second-order valence-electron chi connectivity index (χ2n) is 9.07. The van der Waals surface area contributed by atoms with E-state index in [2.05, 4.69) is 131 Å².